The Morgan fingerprint density at radius 2 is 1.67 bits per heavy atom. The van der Waals surface area contributed by atoms with Crippen LogP contribution in [-0.2, 0) is 20.1 Å². The van der Waals surface area contributed by atoms with Gasteiger partial charge in [-0.3, -0.25) is 0 Å². The maximum atomic E-state index is 8.98. The van der Waals surface area contributed by atoms with Crippen molar-refractivity contribution in [2.24, 2.45) is 0 Å². The van der Waals surface area contributed by atoms with Gasteiger partial charge in [0.05, 0.1) is 13.7 Å². The van der Waals surface area contributed by atoms with Gasteiger partial charge in [0.1, 0.15) is 0 Å². The van der Waals surface area contributed by atoms with Crippen molar-refractivity contribution in [3.8, 4) is 22.5 Å². The molecule has 4 heterocycles. The van der Waals surface area contributed by atoms with Crippen LogP contribution >= 0.6 is 0 Å². The fourth-order valence-corrected chi connectivity index (χ4v) is 6.08. The molecule has 0 bridgehead atoms. The van der Waals surface area contributed by atoms with Crippen molar-refractivity contribution in [1.29, 1.82) is 0 Å². The topological polar surface area (TPSA) is 51.8 Å². The average molecular weight is 803 g/mol. The smallest absolute Gasteiger partial charge is 0.216 e. The Morgan fingerprint density at radius 1 is 0.826 bits per heavy atom. The molecule has 0 fully saturated rings. The summed E-state index contributed by atoms with van der Waals surface area (Å²) in [4.78, 5) is 13.2. The van der Waals surface area contributed by atoms with Crippen LogP contribution in [0.2, 0.25) is 19.6 Å². The minimum atomic E-state index is -2.31. The van der Waals surface area contributed by atoms with Crippen molar-refractivity contribution in [2.75, 3.05) is 0 Å². The molecule has 0 aliphatic rings. The summed E-state index contributed by atoms with van der Waals surface area (Å²) in [6.07, 6.45) is 3.60. The van der Waals surface area contributed by atoms with E-state index < -0.39 is 27.7 Å². The SMILES string of the molecule is [2H]C([2H])([2H])c1c[c-]c(-c2ccc([Si](C)(C)C)cn2)cc1.[2H]C([2H])([2H])c1ccc2c(n1)oc1c(-c3cc(C([2H])(C)c4ccccc4)ccn3)[c-]ccc12.[Ir]. The van der Waals surface area contributed by atoms with Gasteiger partial charge in [-0.25, -0.2) is 4.98 Å². The van der Waals surface area contributed by atoms with E-state index in [4.69, 9.17) is 14.0 Å². The molecule has 1 radical (unpaired) electrons. The second-order valence-corrected chi connectivity index (χ2v) is 16.9. The van der Waals surface area contributed by atoms with Crippen LogP contribution in [0.4, 0.5) is 0 Å². The molecule has 6 heteroatoms. The fourth-order valence-electron chi connectivity index (χ4n) is 5.05. The zero-order valence-electron chi connectivity index (χ0n) is 33.0. The van der Waals surface area contributed by atoms with Crippen molar-refractivity contribution in [1.82, 2.24) is 15.0 Å². The van der Waals surface area contributed by atoms with Gasteiger partial charge in [0.2, 0.25) is 5.71 Å². The normalized spacial score (nSPS) is 15.3. The number of aryl methyl sites for hydroxylation is 2. The number of fused-ring (bicyclic) bond motifs is 3. The molecule has 4 aromatic heterocycles. The Kier molecular flexibility index (Phi) is 7.61. The van der Waals surface area contributed by atoms with Gasteiger partial charge < -0.3 is 14.4 Å². The second kappa shape index (κ2) is 14.0. The van der Waals surface area contributed by atoms with E-state index in [-0.39, 0.29) is 31.5 Å². The van der Waals surface area contributed by atoms with Crippen molar-refractivity contribution in [2.45, 2.75) is 46.2 Å². The molecule has 1 unspecified atom stereocenters. The number of benzene rings is 3. The van der Waals surface area contributed by atoms with Gasteiger partial charge >= 0.3 is 0 Å². The van der Waals surface area contributed by atoms with E-state index in [9.17, 15) is 0 Å². The largest absolute Gasteiger partial charge is 0.486 e. The predicted molar refractivity (Wildman–Crippen MR) is 189 cm³/mol. The molecule has 1 atom stereocenters. The van der Waals surface area contributed by atoms with Crippen molar-refractivity contribution in [3.63, 3.8) is 0 Å². The van der Waals surface area contributed by atoms with Crippen LogP contribution in [0.25, 0.3) is 44.6 Å². The summed E-state index contributed by atoms with van der Waals surface area (Å²) >= 11 is 0. The molecular formula is C40H37IrN3OSi-2. The molecule has 0 N–H and O–H groups in total. The molecule has 46 heavy (non-hydrogen) atoms. The monoisotopic (exact) mass is 803 g/mol. The standard InChI is InChI=1S/C25H19N2O.C15H18NSi.Ir/c1-16-11-12-21-20-9-6-10-22(24(20)28-25(21)27-16)23-15-19(13-14-26-23)17(2)18-7-4-3-5-8-18;1-12-5-7-13(8-6-12)15-10-9-14(11-16-15)17(2,3)4;/h3-9,11-15,17H,1-2H3;5-7,9-11H,1-4H3;/q2*-1;/i1D3,17D;1D3;. The number of nitrogens with zero attached hydrogens (tertiary/aromatic N) is 3. The third-order valence-corrected chi connectivity index (χ3v) is 9.70. The quantitative estimate of drug-likeness (QED) is 0.129. The van der Waals surface area contributed by atoms with Crippen LogP contribution in [0.1, 0.15) is 44.8 Å². The first-order chi connectivity index (χ1) is 24.4. The Bertz CT molecular complexity index is 2280. The first-order valence-electron chi connectivity index (χ1n) is 18.2. The molecule has 233 valence electrons. The Hall–Kier alpha value is -4.22. The number of furan rings is 1. The molecule has 0 aliphatic heterocycles. The molecule has 0 saturated carbocycles. The summed E-state index contributed by atoms with van der Waals surface area (Å²) in [5.74, 6) is -0.961. The summed E-state index contributed by atoms with van der Waals surface area (Å²) in [5.41, 5.74) is 5.67. The van der Waals surface area contributed by atoms with E-state index in [0.717, 1.165) is 33.2 Å². The van der Waals surface area contributed by atoms with Crippen LogP contribution in [0.15, 0.2) is 114 Å². The molecule has 4 nitrogen and oxygen atoms in total. The van der Waals surface area contributed by atoms with Crippen LogP contribution in [0, 0.1) is 25.8 Å². The van der Waals surface area contributed by atoms with Crippen LogP contribution in [0.3, 0.4) is 0 Å². The van der Waals surface area contributed by atoms with Crippen molar-refractivity contribution >= 4 is 35.3 Å². The Labute approximate surface area is 296 Å². The zero-order valence-corrected chi connectivity index (χ0v) is 29.4. The van der Waals surface area contributed by atoms with Crippen LogP contribution in [-0.4, -0.2) is 23.0 Å². The number of aromatic nitrogens is 3. The summed E-state index contributed by atoms with van der Waals surface area (Å²) in [6, 6.07) is 35.4. The van der Waals surface area contributed by atoms with E-state index >= 15 is 0 Å². The third kappa shape index (κ3) is 7.26. The summed E-state index contributed by atoms with van der Waals surface area (Å²) in [6.45, 7) is 4.30. The Balaban J connectivity index is 0.000000223. The summed E-state index contributed by atoms with van der Waals surface area (Å²) in [5, 5.41) is 2.84. The zero-order chi connectivity index (χ0) is 37.5. The van der Waals surface area contributed by atoms with Gasteiger partial charge in [0.25, 0.3) is 0 Å². The first kappa shape index (κ1) is 24.9. The summed E-state index contributed by atoms with van der Waals surface area (Å²) in [7, 11) is -1.34. The predicted octanol–water partition coefficient (Wildman–Crippen LogP) is 9.70. The minimum Gasteiger partial charge on any atom is -0.486 e. The molecular weight excluding hydrogens is 759 g/mol. The minimum absolute atomic E-state index is 0. The number of pyridine rings is 3. The maximum absolute atomic E-state index is 8.98. The molecule has 7 rings (SSSR count). The van der Waals surface area contributed by atoms with Crippen LogP contribution < -0.4 is 5.19 Å². The van der Waals surface area contributed by atoms with E-state index in [1.54, 1.807) is 30.5 Å². The second-order valence-electron chi connectivity index (χ2n) is 11.8. The average Bonchev–Trinajstić information content (AvgIpc) is 3.50. The maximum Gasteiger partial charge on any atom is 0.216 e. The van der Waals surface area contributed by atoms with Crippen LogP contribution in [0.5, 0.6) is 0 Å². The van der Waals surface area contributed by atoms with Crippen molar-refractivity contribution < 1.29 is 34.1 Å². The van der Waals surface area contributed by atoms with E-state index in [1.807, 2.05) is 67.7 Å². The molecule has 0 aliphatic carbocycles. The number of hydrogen-bond acceptors (Lipinski definition) is 4. The van der Waals surface area contributed by atoms with Gasteiger partial charge in [-0.15, -0.1) is 53.6 Å². The van der Waals surface area contributed by atoms with Gasteiger partial charge in [0, 0.05) is 59.1 Å². The number of hydrogen-bond donors (Lipinski definition) is 0. The van der Waals surface area contributed by atoms with Gasteiger partial charge in [0.15, 0.2) is 0 Å². The summed E-state index contributed by atoms with van der Waals surface area (Å²) < 4.78 is 59.8. The van der Waals surface area contributed by atoms with E-state index in [1.165, 1.54) is 17.3 Å². The fraction of sp³-hybridized carbons (Fsp3) is 0.175. The number of rotatable bonds is 5. The molecule has 7 aromatic rings. The Morgan fingerprint density at radius 3 is 2.37 bits per heavy atom. The molecule has 0 amide bonds. The van der Waals surface area contributed by atoms with E-state index in [2.05, 4.69) is 52.8 Å². The van der Waals surface area contributed by atoms with Crippen molar-refractivity contribution in [3.05, 3.63) is 144 Å². The van der Waals surface area contributed by atoms with Gasteiger partial charge in [-0.2, -0.15) is 0 Å². The van der Waals surface area contributed by atoms with Gasteiger partial charge in [-0.1, -0.05) is 92.9 Å². The first-order valence-corrected chi connectivity index (χ1v) is 18.2. The molecule has 0 spiro atoms. The molecule has 3 aromatic carbocycles. The molecule has 0 saturated heterocycles. The third-order valence-electron chi connectivity index (χ3n) is 7.67. The van der Waals surface area contributed by atoms with Gasteiger partial charge in [-0.05, 0) is 52.8 Å². The van der Waals surface area contributed by atoms with E-state index in [0.29, 0.717) is 22.4 Å².